The Morgan fingerprint density at radius 1 is 1.32 bits per heavy atom. The number of ether oxygens (including phenoxy) is 1. The minimum atomic E-state index is -1.43. The molecule has 2 fully saturated rings. The number of nitrogens with one attached hydrogen (secondary N) is 1. The lowest BCUT2D eigenvalue weighted by atomic mass is 9.86. The van der Waals surface area contributed by atoms with Crippen LogP contribution in [0.25, 0.3) is 0 Å². The molecular formula is C21H29ClF2N2O2. The van der Waals surface area contributed by atoms with Gasteiger partial charge in [0, 0.05) is 36.8 Å². The molecule has 1 amide bonds. The molecule has 1 unspecified atom stereocenters. The highest BCUT2D eigenvalue weighted by Crippen LogP contribution is 2.31. The van der Waals surface area contributed by atoms with E-state index in [0.29, 0.717) is 31.8 Å². The SMILES string of the molecule is CC1(C)CC(CN2CCC(F)(CNC(=O)c3cc(F)cc(Cl)c3)CC2)CCO1. The summed E-state index contributed by atoms with van der Waals surface area (Å²) in [6.07, 6.45) is 2.83. The van der Waals surface area contributed by atoms with Gasteiger partial charge in [0.1, 0.15) is 11.5 Å². The van der Waals surface area contributed by atoms with E-state index in [0.717, 1.165) is 38.1 Å². The number of carbonyl (C=O) groups excluding carboxylic acids is 1. The zero-order chi connectivity index (χ0) is 20.4. The summed E-state index contributed by atoms with van der Waals surface area (Å²) in [5.74, 6) is -0.518. The van der Waals surface area contributed by atoms with Crippen molar-refractivity contribution >= 4 is 17.5 Å². The van der Waals surface area contributed by atoms with Crippen molar-refractivity contribution in [2.75, 3.05) is 32.8 Å². The van der Waals surface area contributed by atoms with E-state index < -0.39 is 17.4 Å². The summed E-state index contributed by atoms with van der Waals surface area (Å²) in [6.45, 7) is 7.28. The second-order valence-corrected chi connectivity index (χ2v) is 9.20. The third kappa shape index (κ3) is 5.88. The van der Waals surface area contributed by atoms with Crippen molar-refractivity contribution < 1.29 is 18.3 Å². The van der Waals surface area contributed by atoms with Crippen molar-refractivity contribution in [1.82, 2.24) is 10.2 Å². The molecule has 2 saturated heterocycles. The maximum absolute atomic E-state index is 15.1. The molecule has 4 nitrogen and oxygen atoms in total. The third-order valence-corrected chi connectivity index (χ3v) is 5.98. The van der Waals surface area contributed by atoms with Gasteiger partial charge in [-0.2, -0.15) is 0 Å². The van der Waals surface area contributed by atoms with Gasteiger partial charge in [0.15, 0.2) is 0 Å². The van der Waals surface area contributed by atoms with Crippen LogP contribution in [0.2, 0.25) is 5.02 Å². The summed E-state index contributed by atoms with van der Waals surface area (Å²) in [6, 6.07) is 3.61. The number of nitrogens with zero attached hydrogens (tertiary/aromatic N) is 1. The average Bonchev–Trinajstić information content (AvgIpc) is 2.60. The topological polar surface area (TPSA) is 41.6 Å². The molecule has 7 heteroatoms. The second kappa shape index (κ2) is 8.64. The van der Waals surface area contributed by atoms with Crippen LogP contribution in [0.15, 0.2) is 18.2 Å². The minimum absolute atomic E-state index is 0.0713. The normalized spacial score (nSPS) is 24.7. The molecule has 2 heterocycles. The summed E-state index contributed by atoms with van der Waals surface area (Å²) in [7, 11) is 0. The number of hydrogen-bond donors (Lipinski definition) is 1. The fraction of sp³-hybridized carbons (Fsp3) is 0.667. The lowest BCUT2D eigenvalue weighted by Gasteiger charge is -2.41. The zero-order valence-electron chi connectivity index (χ0n) is 16.6. The summed E-state index contributed by atoms with van der Waals surface area (Å²) >= 11 is 5.78. The van der Waals surface area contributed by atoms with Gasteiger partial charge in [-0.25, -0.2) is 8.78 Å². The summed E-state index contributed by atoms with van der Waals surface area (Å²) in [5, 5.41) is 2.74. The molecule has 1 aromatic carbocycles. The van der Waals surface area contributed by atoms with E-state index >= 15 is 4.39 Å². The Balaban J connectivity index is 1.46. The van der Waals surface area contributed by atoms with Gasteiger partial charge in [-0.05, 0) is 63.6 Å². The molecule has 1 N–H and O–H groups in total. The lowest BCUT2D eigenvalue weighted by Crippen LogP contribution is -2.50. The first-order valence-corrected chi connectivity index (χ1v) is 10.3. The molecule has 0 aromatic heterocycles. The number of alkyl halides is 1. The number of piperidine rings is 1. The smallest absolute Gasteiger partial charge is 0.251 e. The highest BCUT2D eigenvalue weighted by Gasteiger charge is 2.36. The molecule has 0 spiro atoms. The number of rotatable bonds is 5. The lowest BCUT2D eigenvalue weighted by molar-refractivity contribution is -0.0791. The van der Waals surface area contributed by atoms with Crippen LogP contribution in [-0.4, -0.2) is 54.9 Å². The number of benzene rings is 1. The number of carbonyl (C=O) groups is 1. The van der Waals surface area contributed by atoms with E-state index in [2.05, 4.69) is 24.1 Å². The molecule has 3 rings (SSSR count). The summed E-state index contributed by atoms with van der Waals surface area (Å²) in [5.41, 5.74) is -1.40. The van der Waals surface area contributed by atoms with Gasteiger partial charge in [0.2, 0.25) is 0 Å². The molecule has 28 heavy (non-hydrogen) atoms. The predicted molar refractivity (Wildman–Crippen MR) is 106 cm³/mol. The number of hydrogen-bond acceptors (Lipinski definition) is 3. The van der Waals surface area contributed by atoms with Crippen LogP contribution in [0.1, 0.15) is 49.9 Å². The number of halogens is 3. The Hall–Kier alpha value is -1.24. The molecular weight excluding hydrogens is 386 g/mol. The third-order valence-electron chi connectivity index (χ3n) is 5.76. The Morgan fingerprint density at radius 3 is 2.68 bits per heavy atom. The molecule has 0 radical (unpaired) electrons. The highest BCUT2D eigenvalue weighted by molar-refractivity contribution is 6.31. The van der Waals surface area contributed by atoms with Crippen molar-refractivity contribution in [3.8, 4) is 0 Å². The fourth-order valence-corrected chi connectivity index (χ4v) is 4.44. The van der Waals surface area contributed by atoms with Gasteiger partial charge in [-0.3, -0.25) is 4.79 Å². The van der Waals surface area contributed by atoms with Crippen LogP contribution >= 0.6 is 11.6 Å². The Labute approximate surface area is 170 Å². The van der Waals surface area contributed by atoms with Gasteiger partial charge < -0.3 is 15.0 Å². The van der Waals surface area contributed by atoms with Gasteiger partial charge >= 0.3 is 0 Å². The van der Waals surface area contributed by atoms with Crippen LogP contribution in [0.3, 0.4) is 0 Å². The second-order valence-electron chi connectivity index (χ2n) is 8.76. The largest absolute Gasteiger partial charge is 0.376 e. The van der Waals surface area contributed by atoms with E-state index in [4.69, 9.17) is 16.3 Å². The van der Waals surface area contributed by atoms with E-state index in [9.17, 15) is 9.18 Å². The highest BCUT2D eigenvalue weighted by atomic mass is 35.5. The molecule has 1 atom stereocenters. The van der Waals surface area contributed by atoms with Gasteiger partial charge in [-0.15, -0.1) is 0 Å². The Bertz CT molecular complexity index is 685. The molecule has 2 aliphatic rings. The number of likely N-dealkylation sites (tertiary alicyclic amines) is 1. The van der Waals surface area contributed by atoms with E-state index in [1.165, 1.54) is 6.07 Å². The van der Waals surface area contributed by atoms with Crippen molar-refractivity contribution in [3.05, 3.63) is 34.6 Å². The van der Waals surface area contributed by atoms with Crippen LogP contribution < -0.4 is 5.32 Å². The van der Waals surface area contributed by atoms with Crippen molar-refractivity contribution in [1.29, 1.82) is 0 Å². The van der Waals surface area contributed by atoms with Crippen LogP contribution in [0.5, 0.6) is 0 Å². The van der Waals surface area contributed by atoms with E-state index in [1.807, 2.05) is 0 Å². The van der Waals surface area contributed by atoms with Crippen molar-refractivity contribution in [2.24, 2.45) is 5.92 Å². The molecule has 0 bridgehead atoms. The van der Waals surface area contributed by atoms with Crippen LogP contribution in [0.4, 0.5) is 8.78 Å². The maximum atomic E-state index is 15.1. The monoisotopic (exact) mass is 414 g/mol. The predicted octanol–water partition coefficient (Wildman–Crippen LogP) is 4.22. The van der Waals surface area contributed by atoms with Crippen molar-refractivity contribution in [3.63, 3.8) is 0 Å². The minimum Gasteiger partial charge on any atom is -0.376 e. The molecule has 156 valence electrons. The Morgan fingerprint density at radius 2 is 2.04 bits per heavy atom. The van der Waals surface area contributed by atoms with Gasteiger partial charge in [0.05, 0.1) is 12.1 Å². The van der Waals surface area contributed by atoms with Crippen LogP contribution in [-0.2, 0) is 4.74 Å². The molecule has 2 aliphatic heterocycles. The first-order chi connectivity index (χ1) is 13.1. The van der Waals surface area contributed by atoms with Gasteiger partial charge in [-0.1, -0.05) is 11.6 Å². The molecule has 0 aliphatic carbocycles. The first-order valence-electron chi connectivity index (χ1n) is 9.94. The fourth-order valence-electron chi connectivity index (χ4n) is 4.22. The number of amides is 1. The summed E-state index contributed by atoms with van der Waals surface area (Å²) in [4.78, 5) is 14.5. The zero-order valence-corrected chi connectivity index (χ0v) is 17.3. The first kappa shape index (κ1) is 21.5. The standard InChI is InChI=1S/C21H29ClF2N2O2/c1-20(2)12-15(3-8-28-20)13-26-6-4-21(24,5-7-26)14-25-19(27)16-9-17(22)11-18(23)10-16/h9-11,15H,3-8,12-14H2,1-2H3,(H,25,27). The average molecular weight is 415 g/mol. The van der Waals surface area contributed by atoms with Crippen LogP contribution in [0, 0.1) is 11.7 Å². The van der Waals surface area contributed by atoms with Crippen molar-refractivity contribution in [2.45, 2.75) is 50.8 Å². The van der Waals surface area contributed by atoms with Gasteiger partial charge in [0.25, 0.3) is 5.91 Å². The summed E-state index contributed by atoms with van der Waals surface area (Å²) < 4.78 is 34.3. The molecule has 1 aromatic rings. The van der Waals surface area contributed by atoms with E-state index in [1.54, 1.807) is 0 Å². The molecule has 0 saturated carbocycles. The van der Waals surface area contributed by atoms with E-state index in [-0.39, 0.29) is 22.7 Å². The Kier molecular flexibility index (Phi) is 6.62. The maximum Gasteiger partial charge on any atom is 0.251 e. The quantitative estimate of drug-likeness (QED) is 0.784.